The van der Waals surface area contributed by atoms with Gasteiger partial charge in [0.2, 0.25) is 0 Å². The molecular formula is C16H27N3O. The predicted molar refractivity (Wildman–Crippen MR) is 79.8 cm³/mol. The van der Waals surface area contributed by atoms with E-state index in [9.17, 15) is 0 Å². The van der Waals surface area contributed by atoms with Gasteiger partial charge in [-0.05, 0) is 38.3 Å². The molecular weight excluding hydrogens is 250 g/mol. The van der Waals surface area contributed by atoms with Crippen molar-refractivity contribution in [3.63, 3.8) is 0 Å². The summed E-state index contributed by atoms with van der Waals surface area (Å²) >= 11 is 0. The third kappa shape index (κ3) is 2.91. The van der Waals surface area contributed by atoms with Crippen LogP contribution in [0.1, 0.15) is 50.8 Å². The summed E-state index contributed by atoms with van der Waals surface area (Å²) in [4.78, 5) is 0. The molecule has 112 valence electrons. The van der Waals surface area contributed by atoms with E-state index in [1.807, 2.05) is 7.05 Å². The van der Waals surface area contributed by atoms with Crippen molar-refractivity contribution in [1.29, 1.82) is 0 Å². The quantitative estimate of drug-likeness (QED) is 0.899. The zero-order valence-electron chi connectivity index (χ0n) is 12.7. The van der Waals surface area contributed by atoms with Crippen LogP contribution in [0.2, 0.25) is 0 Å². The third-order valence-electron chi connectivity index (χ3n) is 5.00. The minimum absolute atomic E-state index is 0.330. The molecule has 2 heterocycles. The second-order valence-electron chi connectivity index (χ2n) is 6.43. The fourth-order valence-electron chi connectivity index (χ4n) is 3.70. The molecule has 1 aromatic rings. The van der Waals surface area contributed by atoms with E-state index in [1.54, 1.807) is 0 Å². The van der Waals surface area contributed by atoms with Crippen LogP contribution in [0.3, 0.4) is 0 Å². The topological polar surface area (TPSA) is 39.1 Å². The van der Waals surface area contributed by atoms with Gasteiger partial charge in [-0.25, -0.2) is 0 Å². The fourth-order valence-corrected chi connectivity index (χ4v) is 3.70. The van der Waals surface area contributed by atoms with Crippen LogP contribution in [0.25, 0.3) is 0 Å². The lowest BCUT2D eigenvalue weighted by Gasteiger charge is -2.25. The Morgan fingerprint density at radius 3 is 2.85 bits per heavy atom. The molecule has 20 heavy (non-hydrogen) atoms. The first-order valence-electron chi connectivity index (χ1n) is 8.11. The molecule has 1 aliphatic heterocycles. The van der Waals surface area contributed by atoms with Gasteiger partial charge < -0.3 is 10.1 Å². The van der Waals surface area contributed by atoms with E-state index >= 15 is 0 Å². The average molecular weight is 277 g/mol. The van der Waals surface area contributed by atoms with Gasteiger partial charge in [0.05, 0.1) is 17.8 Å². The van der Waals surface area contributed by atoms with Crippen LogP contribution in [-0.4, -0.2) is 35.6 Å². The van der Waals surface area contributed by atoms with Crippen LogP contribution in [0.15, 0.2) is 12.3 Å². The normalized spacial score (nSPS) is 29.1. The highest BCUT2D eigenvalue weighted by Crippen LogP contribution is 2.29. The number of nitrogens with zero attached hydrogens (tertiary/aromatic N) is 2. The van der Waals surface area contributed by atoms with Crippen LogP contribution in [0, 0.1) is 5.92 Å². The number of hydrogen-bond acceptors (Lipinski definition) is 3. The lowest BCUT2D eigenvalue weighted by atomic mass is 9.95. The Balaban J connectivity index is 1.63. The van der Waals surface area contributed by atoms with Crippen molar-refractivity contribution >= 4 is 0 Å². The first-order chi connectivity index (χ1) is 9.78. The molecule has 3 atom stereocenters. The summed E-state index contributed by atoms with van der Waals surface area (Å²) in [5, 5.41) is 8.22. The number of hydrogen-bond donors (Lipinski definition) is 1. The van der Waals surface area contributed by atoms with Crippen LogP contribution in [0.4, 0.5) is 0 Å². The van der Waals surface area contributed by atoms with Crippen molar-refractivity contribution in [1.82, 2.24) is 15.1 Å². The summed E-state index contributed by atoms with van der Waals surface area (Å²) in [6.07, 6.45) is 9.93. The predicted octanol–water partition coefficient (Wildman–Crippen LogP) is 2.55. The Labute approximate surface area is 121 Å². The minimum Gasteiger partial charge on any atom is -0.376 e. The summed E-state index contributed by atoms with van der Waals surface area (Å²) in [5.41, 5.74) is 1.19. The highest BCUT2D eigenvalue weighted by Gasteiger charge is 2.31. The van der Waals surface area contributed by atoms with Gasteiger partial charge in [-0.15, -0.1) is 0 Å². The molecule has 2 aliphatic rings. The Hall–Kier alpha value is -0.870. The number of aromatic nitrogens is 2. The minimum atomic E-state index is 0.330. The highest BCUT2D eigenvalue weighted by molar-refractivity contribution is 5.04. The largest absolute Gasteiger partial charge is 0.376 e. The number of nitrogens with one attached hydrogen (secondary N) is 1. The Morgan fingerprint density at radius 2 is 2.20 bits per heavy atom. The van der Waals surface area contributed by atoms with E-state index in [0.717, 1.165) is 13.0 Å². The lowest BCUT2D eigenvalue weighted by Crippen LogP contribution is -2.42. The number of ether oxygens (including phenoxy) is 1. The van der Waals surface area contributed by atoms with E-state index in [2.05, 4.69) is 29.2 Å². The molecule has 1 saturated heterocycles. The number of rotatable bonds is 5. The molecule has 0 bridgehead atoms. The maximum absolute atomic E-state index is 5.90. The molecule has 0 amide bonds. The summed E-state index contributed by atoms with van der Waals surface area (Å²) < 4.78 is 8.09. The highest BCUT2D eigenvalue weighted by atomic mass is 16.5. The Morgan fingerprint density at radius 1 is 1.40 bits per heavy atom. The van der Waals surface area contributed by atoms with Crippen molar-refractivity contribution in [2.24, 2.45) is 5.92 Å². The van der Waals surface area contributed by atoms with Crippen LogP contribution >= 0.6 is 0 Å². The molecule has 3 unspecified atom stereocenters. The van der Waals surface area contributed by atoms with Gasteiger partial charge in [-0.3, -0.25) is 4.68 Å². The Kier molecular flexibility index (Phi) is 4.41. The molecule has 3 rings (SSSR count). The standard InChI is InChI=1S/C16H27N3O/c1-12-8-10-20-16(12)15(17-2)11-13-7-9-19(18-13)14-5-3-4-6-14/h7,9,12,14-17H,3-6,8,10-11H2,1-2H3. The maximum atomic E-state index is 5.90. The van der Waals surface area contributed by atoms with E-state index in [4.69, 9.17) is 9.84 Å². The van der Waals surface area contributed by atoms with Gasteiger partial charge in [-0.2, -0.15) is 5.10 Å². The van der Waals surface area contributed by atoms with E-state index in [-0.39, 0.29) is 0 Å². The van der Waals surface area contributed by atoms with Gasteiger partial charge in [-0.1, -0.05) is 19.8 Å². The first kappa shape index (κ1) is 14.1. The summed E-state index contributed by atoms with van der Waals surface area (Å²) in [6.45, 7) is 3.19. The second kappa shape index (κ2) is 6.27. The summed E-state index contributed by atoms with van der Waals surface area (Å²) in [6, 6.07) is 3.19. The van der Waals surface area contributed by atoms with Crippen LogP contribution in [-0.2, 0) is 11.2 Å². The smallest absolute Gasteiger partial charge is 0.0758 e. The van der Waals surface area contributed by atoms with Crippen LogP contribution in [0.5, 0.6) is 0 Å². The van der Waals surface area contributed by atoms with Gasteiger partial charge in [0.1, 0.15) is 0 Å². The zero-order chi connectivity index (χ0) is 13.9. The SMILES string of the molecule is CNC(Cc1ccn(C2CCCC2)n1)C1OCCC1C. The first-order valence-corrected chi connectivity index (χ1v) is 8.11. The molecule has 1 saturated carbocycles. The molecule has 0 radical (unpaired) electrons. The molecule has 4 heteroatoms. The monoisotopic (exact) mass is 277 g/mol. The molecule has 1 aliphatic carbocycles. The van der Waals surface area contributed by atoms with Crippen molar-refractivity contribution in [3.05, 3.63) is 18.0 Å². The maximum Gasteiger partial charge on any atom is 0.0758 e. The second-order valence-corrected chi connectivity index (χ2v) is 6.43. The van der Waals surface area contributed by atoms with Crippen molar-refractivity contribution in [3.8, 4) is 0 Å². The summed E-state index contributed by atoms with van der Waals surface area (Å²) in [5.74, 6) is 0.643. The molecule has 2 fully saturated rings. The molecule has 1 aromatic heterocycles. The zero-order valence-corrected chi connectivity index (χ0v) is 12.7. The van der Waals surface area contributed by atoms with Crippen molar-refractivity contribution in [2.75, 3.05) is 13.7 Å². The molecule has 0 aromatic carbocycles. The van der Waals surface area contributed by atoms with Crippen LogP contribution < -0.4 is 5.32 Å². The molecule has 0 spiro atoms. The van der Waals surface area contributed by atoms with Gasteiger partial charge in [0.15, 0.2) is 0 Å². The van der Waals surface area contributed by atoms with Gasteiger partial charge in [0.25, 0.3) is 0 Å². The number of likely N-dealkylation sites (N-methyl/N-ethyl adjacent to an activating group) is 1. The van der Waals surface area contributed by atoms with E-state index < -0.39 is 0 Å². The average Bonchev–Trinajstić information content (AvgIpc) is 3.17. The molecule has 4 nitrogen and oxygen atoms in total. The van der Waals surface area contributed by atoms with Gasteiger partial charge >= 0.3 is 0 Å². The fraction of sp³-hybridized carbons (Fsp3) is 0.812. The van der Waals surface area contributed by atoms with Crippen molar-refractivity contribution in [2.45, 2.75) is 63.6 Å². The van der Waals surface area contributed by atoms with E-state index in [1.165, 1.54) is 37.8 Å². The molecule has 1 N–H and O–H groups in total. The summed E-state index contributed by atoms with van der Waals surface area (Å²) in [7, 11) is 2.03. The van der Waals surface area contributed by atoms with Crippen molar-refractivity contribution < 1.29 is 4.74 Å². The van der Waals surface area contributed by atoms with E-state index in [0.29, 0.717) is 24.1 Å². The van der Waals surface area contributed by atoms with Gasteiger partial charge in [0, 0.05) is 25.3 Å². The Bertz CT molecular complexity index is 425. The third-order valence-corrected chi connectivity index (χ3v) is 5.00. The lowest BCUT2D eigenvalue weighted by molar-refractivity contribution is 0.0630.